The number of hydrogen-bond acceptors (Lipinski definition) is 4. The molecule has 4 aliphatic rings. The number of rotatable bonds is 4. The third-order valence-corrected chi connectivity index (χ3v) is 9.09. The summed E-state index contributed by atoms with van der Waals surface area (Å²) in [7, 11) is 0. The molecular weight excluding hydrogens is 590 g/mol. The lowest BCUT2D eigenvalue weighted by atomic mass is 9.47. The predicted molar refractivity (Wildman–Crippen MR) is 157 cm³/mol. The molecule has 0 spiro atoms. The van der Waals surface area contributed by atoms with Crippen molar-refractivity contribution in [3.05, 3.63) is 134 Å². The second kappa shape index (κ2) is 9.25. The number of carbonyl (C=O) groups excluding carboxylic acids is 3. The maximum absolute atomic E-state index is 14.3. The molecule has 1 aliphatic heterocycles. The van der Waals surface area contributed by atoms with Gasteiger partial charge in [-0.05, 0) is 70.8 Å². The molecule has 0 aromatic heterocycles. The second-order valence-electron chi connectivity index (χ2n) is 10.2. The Bertz CT molecular complexity index is 1690. The molecule has 0 unspecified atom stereocenters. The van der Waals surface area contributed by atoms with Crippen LogP contribution in [0.4, 0.5) is 5.69 Å². The average Bonchev–Trinajstić information content (AvgIpc) is 3.24. The van der Waals surface area contributed by atoms with Crippen LogP contribution in [0.5, 0.6) is 0 Å². The number of amides is 3. The molecule has 3 amide bonds. The summed E-state index contributed by atoms with van der Waals surface area (Å²) in [5.41, 5.74) is 6.34. The Morgan fingerprint density at radius 3 is 2.08 bits per heavy atom. The molecule has 6 nitrogen and oxygen atoms in total. The van der Waals surface area contributed by atoms with Crippen LogP contribution < -0.4 is 10.3 Å². The summed E-state index contributed by atoms with van der Waals surface area (Å²) >= 11 is 9.41. The summed E-state index contributed by atoms with van der Waals surface area (Å²) in [6.45, 7) is 0. The molecule has 1 fully saturated rings. The van der Waals surface area contributed by atoms with E-state index in [1.807, 2.05) is 60.7 Å². The van der Waals surface area contributed by atoms with Crippen molar-refractivity contribution in [2.75, 3.05) is 4.90 Å². The third kappa shape index (κ3) is 3.47. The molecule has 0 radical (unpaired) electrons. The Kier molecular flexibility index (Phi) is 5.77. The zero-order valence-corrected chi connectivity index (χ0v) is 23.3. The zero-order valence-electron chi connectivity index (χ0n) is 20.9. The van der Waals surface area contributed by atoms with Crippen LogP contribution >= 0.6 is 27.5 Å². The number of hydrazone groups is 1. The van der Waals surface area contributed by atoms with Crippen LogP contribution in [0.1, 0.15) is 38.5 Å². The maximum atomic E-state index is 14.3. The lowest BCUT2D eigenvalue weighted by molar-refractivity contribution is -0.122. The molecule has 3 aliphatic carbocycles. The Hall–Kier alpha value is -4.07. The van der Waals surface area contributed by atoms with Crippen LogP contribution in [0.15, 0.2) is 107 Å². The molecule has 4 aromatic rings. The minimum absolute atomic E-state index is 0.227. The Morgan fingerprint density at radius 2 is 1.45 bits per heavy atom. The molecule has 1 N–H and O–H groups in total. The maximum Gasteiger partial charge on any atom is 0.271 e. The summed E-state index contributed by atoms with van der Waals surface area (Å²) in [6.07, 6.45) is 1.65. The first kappa shape index (κ1) is 24.9. The van der Waals surface area contributed by atoms with Crippen molar-refractivity contribution in [3.63, 3.8) is 0 Å². The summed E-state index contributed by atoms with van der Waals surface area (Å²) in [6, 6.07) is 29.5. The minimum Gasteiger partial charge on any atom is -0.274 e. The molecular formula is C32H21BrClN3O3. The van der Waals surface area contributed by atoms with Gasteiger partial charge in [-0.1, -0.05) is 76.1 Å². The van der Waals surface area contributed by atoms with Crippen molar-refractivity contribution in [1.29, 1.82) is 0 Å². The van der Waals surface area contributed by atoms with Crippen LogP contribution in [-0.4, -0.2) is 23.9 Å². The van der Waals surface area contributed by atoms with Crippen molar-refractivity contribution in [3.8, 4) is 0 Å². The molecule has 4 aromatic carbocycles. The van der Waals surface area contributed by atoms with E-state index in [-0.39, 0.29) is 17.7 Å². The molecule has 1 saturated heterocycles. The third-order valence-electron chi connectivity index (χ3n) is 8.31. The van der Waals surface area contributed by atoms with Gasteiger partial charge >= 0.3 is 0 Å². The van der Waals surface area contributed by atoms with Gasteiger partial charge in [0, 0.05) is 27.2 Å². The topological polar surface area (TPSA) is 78.8 Å². The van der Waals surface area contributed by atoms with Crippen LogP contribution in [-0.2, 0) is 15.0 Å². The highest BCUT2D eigenvalue weighted by molar-refractivity contribution is 9.10. The van der Waals surface area contributed by atoms with E-state index in [0.717, 1.165) is 26.7 Å². The van der Waals surface area contributed by atoms with Crippen molar-refractivity contribution < 1.29 is 14.4 Å². The highest BCUT2D eigenvalue weighted by Crippen LogP contribution is 2.63. The number of nitrogens with one attached hydrogen (secondary N) is 1. The lowest BCUT2D eigenvalue weighted by Gasteiger charge is -2.52. The first-order valence-electron chi connectivity index (χ1n) is 12.8. The first-order chi connectivity index (χ1) is 19.4. The number of carbonyl (C=O) groups is 3. The SMILES string of the molecule is O=C(N/N=C\C12c3ccccc3C(c3ccccc31)[C@H]1C(=O)N(c3ccc(Br)cc3)C(=O)[C@H]12)c1ccc(Cl)cc1. The van der Waals surface area contributed by atoms with Crippen molar-refractivity contribution in [2.45, 2.75) is 11.3 Å². The van der Waals surface area contributed by atoms with E-state index in [9.17, 15) is 14.4 Å². The van der Waals surface area contributed by atoms with Gasteiger partial charge in [0.15, 0.2) is 0 Å². The van der Waals surface area contributed by atoms with Crippen LogP contribution in [0, 0.1) is 11.8 Å². The number of nitrogens with zero attached hydrogens (tertiary/aromatic N) is 2. The van der Waals surface area contributed by atoms with Crippen molar-refractivity contribution >= 4 is 57.2 Å². The van der Waals surface area contributed by atoms with Gasteiger partial charge in [0.05, 0.1) is 22.9 Å². The van der Waals surface area contributed by atoms with E-state index in [4.69, 9.17) is 11.6 Å². The van der Waals surface area contributed by atoms with Crippen LogP contribution in [0.3, 0.4) is 0 Å². The van der Waals surface area contributed by atoms with Gasteiger partial charge in [-0.25, -0.2) is 10.3 Å². The van der Waals surface area contributed by atoms with Gasteiger partial charge in [-0.15, -0.1) is 0 Å². The fraction of sp³-hybridized carbons (Fsp3) is 0.125. The van der Waals surface area contributed by atoms with E-state index in [1.165, 1.54) is 4.90 Å². The smallest absolute Gasteiger partial charge is 0.271 e. The predicted octanol–water partition coefficient (Wildman–Crippen LogP) is 6.07. The van der Waals surface area contributed by atoms with E-state index in [2.05, 4.69) is 26.5 Å². The zero-order chi connectivity index (χ0) is 27.6. The average molecular weight is 611 g/mol. The van der Waals surface area contributed by atoms with E-state index in [0.29, 0.717) is 16.3 Å². The van der Waals surface area contributed by atoms with Crippen molar-refractivity contribution in [1.82, 2.24) is 5.43 Å². The summed E-state index contributed by atoms with van der Waals surface area (Å²) in [5.74, 6) is -2.52. The number of anilines is 1. The van der Waals surface area contributed by atoms with E-state index >= 15 is 0 Å². The second-order valence-corrected chi connectivity index (χ2v) is 11.6. The van der Waals surface area contributed by atoms with Crippen LogP contribution in [0.2, 0.25) is 5.02 Å². The van der Waals surface area contributed by atoms with Gasteiger partial charge in [0.2, 0.25) is 11.8 Å². The van der Waals surface area contributed by atoms with Gasteiger partial charge in [0.25, 0.3) is 5.91 Å². The standard InChI is InChI=1S/C32H21BrClN3O3/c33-19-11-15-21(16-12-19)37-30(39)27-26-22-5-1-3-7-24(22)32(28(27)31(37)40,25-8-4-2-6-23(25)26)17-35-36-29(38)18-9-13-20(34)14-10-18/h1-17,26-28H,(H,36,38)/b35-17-/t26?,27-,28+,32?/m1/s1. The normalized spacial score (nSPS) is 24.1. The number of halogens is 2. The van der Waals surface area contributed by atoms with Gasteiger partial charge in [-0.2, -0.15) is 5.10 Å². The fourth-order valence-electron chi connectivity index (χ4n) is 6.75. The summed E-state index contributed by atoms with van der Waals surface area (Å²) in [5, 5.41) is 4.97. The molecule has 0 saturated carbocycles. The van der Waals surface area contributed by atoms with Gasteiger partial charge < -0.3 is 0 Å². The summed E-state index contributed by atoms with van der Waals surface area (Å²) in [4.78, 5) is 42.7. The highest BCUT2D eigenvalue weighted by atomic mass is 79.9. The van der Waals surface area contributed by atoms with Crippen molar-refractivity contribution in [2.24, 2.45) is 16.9 Å². The largest absolute Gasteiger partial charge is 0.274 e. The molecule has 2 atom stereocenters. The van der Waals surface area contributed by atoms with E-state index < -0.39 is 23.2 Å². The van der Waals surface area contributed by atoms with Crippen LogP contribution in [0.25, 0.3) is 0 Å². The summed E-state index contributed by atoms with van der Waals surface area (Å²) < 4.78 is 0.854. The molecule has 196 valence electrons. The molecule has 8 rings (SSSR count). The molecule has 8 heteroatoms. The van der Waals surface area contributed by atoms with Gasteiger partial charge in [-0.3, -0.25) is 14.4 Å². The lowest BCUT2D eigenvalue weighted by Crippen LogP contribution is -2.54. The Labute approximate surface area is 243 Å². The minimum atomic E-state index is -1.06. The first-order valence-corrected chi connectivity index (χ1v) is 14.0. The fourth-order valence-corrected chi connectivity index (χ4v) is 7.14. The van der Waals surface area contributed by atoms with E-state index in [1.54, 1.807) is 42.6 Å². The monoisotopic (exact) mass is 609 g/mol. The molecule has 2 bridgehead atoms. The highest BCUT2D eigenvalue weighted by Gasteiger charge is 2.68. The Morgan fingerprint density at radius 1 is 0.850 bits per heavy atom. The number of benzene rings is 4. The Balaban J connectivity index is 1.39. The molecule has 1 heterocycles. The number of imide groups is 1. The van der Waals surface area contributed by atoms with Gasteiger partial charge in [0.1, 0.15) is 0 Å². The molecule has 40 heavy (non-hydrogen) atoms. The quantitative estimate of drug-likeness (QED) is 0.173. The number of hydrogen-bond donors (Lipinski definition) is 1.